The molecule has 1 aliphatic carbocycles. The Hall–Kier alpha value is -1.55. The van der Waals surface area contributed by atoms with Gasteiger partial charge in [0.15, 0.2) is 5.84 Å². The van der Waals surface area contributed by atoms with Crippen LogP contribution in [-0.2, 0) is 6.54 Å². The fourth-order valence-electron chi connectivity index (χ4n) is 2.03. The Bertz CT molecular complexity index is 440. The van der Waals surface area contributed by atoms with Gasteiger partial charge in [-0.05, 0) is 17.4 Å². The predicted octanol–water partition coefficient (Wildman–Crippen LogP) is 1.67. The standard InChI is InChI=1S/C13H19N3O/c1-13(2)7-11(13)15-8-9-5-3-4-6-10(9)12(14)16-17/h3-6,11,15,17H,7-8H2,1-2H3,(H2,14,16). The molecule has 4 nitrogen and oxygen atoms in total. The monoisotopic (exact) mass is 233 g/mol. The average Bonchev–Trinajstić information content (AvgIpc) is 2.94. The van der Waals surface area contributed by atoms with Crippen LogP contribution in [0.25, 0.3) is 0 Å². The van der Waals surface area contributed by atoms with E-state index in [9.17, 15) is 0 Å². The molecule has 2 rings (SSSR count). The second kappa shape index (κ2) is 4.37. The molecule has 1 aliphatic rings. The largest absolute Gasteiger partial charge is 0.409 e. The first kappa shape index (κ1) is 11.9. The number of hydrogen-bond acceptors (Lipinski definition) is 3. The van der Waals surface area contributed by atoms with Crippen LogP contribution in [0.5, 0.6) is 0 Å². The second-order valence-corrected chi connectivity index (χ2v) is 5.27. The molecular formula is C13H19N3O. The third kappa shape index (κ3) is 2.58. The summed E-state index contributed by atoms with van der Waals surface area (Å²) in [6.45, 7) is 5.25. The van der Waals surface area contributed by atoms with E-state index in [2.05, 4.69) is 24.3 Å². The van der Waals surface area contributed by atoms with Crippen molar-refractivity contribution in [2.45, 2.75) is 32.9 Å². The van der Waals surface area contributed by atoms with Crippen LogP contribution in [-0.4, -0.2) is 17.1 Å². The molecule has 1 aromatic rings. The van der Waals surface area contributed by atoms with Gasteiger partial charge in [-0.3, -0.25) is 0 Å². The molecule has 0 amide bonds. The molecule has 1 saturated carbocycles. The molecule has 0 bridgehead atoms. The van der Waals surface area contributed by atoms with Crippen LogP contribution in [0.3, 0.4) is 0 Å². The van der Waals surface area contributed by atoms with Crippen LogP contribution in [0.4, 0.5) is 0 Å². The SMILES string of the molecule is CC1(C)CC1NCc1ccccc1C(N)=NO. The van der Waals surface area contributed by atoms with Gasteiger partial charge in [0, 0.05) is 18.2 Å². The van der Waals surface area contributed by atoms with E-state index in [0.717, 1.165) is 17.7 Å². The van der Waals surface area contributed by atoms with E-state index in [0.29, 0.717) is 11.5 Å². The highest BCUT2D eigenvalue weighted by Crippen LogP contribution is 2.44. The zero-order valence-corrected chi connectivity index (χ0v) is 10.3. The van der Waals surface area contributed by atoms with Crippen molar-refractivity contribution in [3.8, 4) is 0 Å². The highest BCUT2D eigenvalue weighted by Gasteiger charge is 2.45. The van der Waals surface area contributed by atoms with Crippen LogP contribution in [0, 0.1) is 5.41 Å². The molecule has 92 valence electrons. The van der Waals surface area contributed by atoms with Crippen LogP contribution >= 0.6 is 0 Å². The number of nitrogens with zero attached hydrogens (tertiary/aromatic N) is 1. The van der Waals surface area contributed by atoms with Crippen LogP contribution in [0.15, 0.2) is 29.4 Å². The lowest BCUT2D eigenvalue weighted by molar-refractivity contribution is 0.318. The maximum Gasteiger partial charge on any atom is 0.170 e. The Morgan fingerprint density at radius 3 is 2.76 bits per heavy atom. The van der Waals surface area contributed by atoms with Gasteiger partial charge in [-0.25, -0.2) is 0 Å². The molecule has 0 radical (unpaired) electrons. The molecule has 4 N–H and O–H groups in total. The fourth-order valence-corrected chi connectivity index (χ4v) is 2.03. The first-order chi connectivity index (χ1) is 8.04. The lowest BCUT2D eigenvalue weighted by atomic mass is 10.1. The minimum absolute atomic E-state index is 0.164. The summed E-state index contributed by atoms with van der Waals surface area (Å²) < 4.78 is 0. The average molecular weight is 233 g/mol. The number of oxime groups is 1. The van der Waals surface area contributed by atoms with E-state index >= 15 is 0 Å². The molecule has 1 aromatic carbocycles. The van der Waals surface area contributed by atoms with E-state index in [4.69, 9.17) is 10.9 Å². The van der Waals surface area contributed by atoms with Crippen molar-refractivity contribution in [2.75, 3.05) is 0 Å². The van der Waals surface area contributed by atoms with E-state index < -0.39 is 0 Å². The van der Waals surface area contributed by atoms with Crippen molar-refractivity contribution in [1.29, 1.82) is 0 Å². The zero-order valence-electron chi connectivity index (χ0n) is 10.3. The van der Waals surface area contributed by atoms with Gasteiger partial charge in [0.1, 0.15) is 0 Å². The Morgan fingerprint density at radius 1 is 1.53 bits per heavy atom. The molecule has 4 heteroatoms. The minimum Gasteiger partial charge on any atom is -0.409 e. The van der Waals surface area contributed by atoms with Gasteiger partial charge in [0.05, 0.1) is 0 Å². The second-order valence-electron chi connectivity index (χ2n) is 5.27. The Morgan fingerprint density at radius 2 is 2.18 bits per heavy atom. The van der Waals surface area contributed by atoms with Gasteiger partial charge in [-0.15, -0.1) is 0 Å². The zero-order chi connectivity index (χ0) is 12.5. The predicted molar refractivity (Wildman–Crippen MR) is 68.0 cm³/mol. The molecular weight excluding hydrogens is 214 g/mol. The third-order valence-electron chi connectivity index (χ3n) is 3.45. The van der Waals surface area contributed by atoms with Gasteiger partial charge in [0.2, 0.25) is 0 Å². The number of nitrogens with two attached hydrogens (primary N) is 1. The quantitative estimate of drug-likeness (QED) is 0.320. The maximum atomic E-state index is 8.73. The van der Waals surface area contributed by atoms with Gasteiger partial charge >= 0.3 is 0 Å². The summed E-state index contributed by atoms with van der Waals surface area (Å²) in [5.74, 6) is 0.164. The summed E-state index contributed by atoms with van der Waals surface area (Å²) in [5.41, 5.74) is 7.90. The van der Waals surface area contributed by atoms with Crippen molar-refractivity contribution in [3.05, 3.63) is 35.4 Å². The number of amidine groups is 1. The molecule has 0 aliphatic heterocycles. The number of benzene rings is 1. The van der Waals surface area contributed by atoms with Crippen LogP contribution < -0.4 is 11.1 Å². The summed E-state index contributed by atoms with van der Waals surface area (Å²) in [5, 5.41) is 15.3. The number of hydrogen-bond donors (Lipinski definition) is 3. The third-order valence-corrected chi connectivity index (χ3v) is 3.45. The lowest BCUT2D eigenvalue weighted by Gasteiger charge is -2.10. The van der Waals surface area contributed by atoms with E-state index in [1.165, 1.54) is 6.42 Å². The number of rotatable bonds is 4. The minimum atomic E-state index is 0.164. The van der Waals surface area contributed by atoms with Crippen LogP contribution in [0.2, 0.25) is 0 Å². The molecule has 0 spiro atoms. The van der Waals surface area contributed by atoms with Gasteiger partial charge in [-0.2, -0.15) is 0 Å². The Balaban J connectivity index is 2.06. The normalized spacial score (nSPS) is 22.5. The highest BCUT2D eigenvalue weighted by molar-refractivity contribution is 5.98. The van der Waals surface area contributed by atoms with Crippen molar-refractivity contribution < 1.29 is 5.21 Å². The summed E-state index contributed by atoms with van der Waals surface area (Å²) in [6, 6.07) is 8.28. The van der Waals surface area contributed by atoms with Crippen molar-refractivity contribution >= 4 is 5.84 Å². The molecule has 0 heterocycles. The highest BCUT2D eigenvalue weighted by atomic mass is 16.4. The molecule has 1 atom stereocenters. The van der Waals surface area contributed by atoms with Gasteiger partial charge in [-0.1, -0.05) is 43.3 Å². The van der Waals surface area contributed by atoms with Crippen LogP contribution in [0.1, 0.15) is 31.4 Å². The molecule has 1 unspecified atom stereocenters. The summed E-state index contributed by atoms with van der Waals surface area (Å²) in [4.78, 5) is 0. The smallest absolute Gasteiger partial charge is 0.170 e. The summed E-state index contributed by atoms with van der Waals surface area (Å²) in [6.07, 6.45) is 1.21. The molecule has 0 aromatic heterocycles. The summed E-state index contributed by atoms with van der Waals surface area (Å²) in [7, 11) is 0. The van der Waals surface area contributed by atoms with Crippen molar-refractivity contribution in [3.63, 3.8) is 0 Å². The summed E-state index contributed by atoms with van der Waals surface area (Å²) >= 11 is 0. The van der Waals surface area contributed by atoms with Gasteiger partial charge < -0.3 is 16.3 Å². The first-order valence-electron chi connectivity index (χ1n) is 5.84. The first-order valence-corrected chi connectivity index (χ1v) is 5.84. The molecule has 17 heavy (non-hydrogen) atoms. The lowest BCUT2D eigenvalue weighted by Crippen LogP contribution is -2.23. The topological polar surface area (TPSA) is 70.6 Å². The molecule has 0 saturated heterocycles. The Kier molecular flexibility index (Phi) is 3.07. The number of nitrogens with one attached hydrogen (secondary N) is 1. The Labute approximate surface area is 102 Å². The van der Waals surface area contributed by atoms with E-state index in [1.54, 1.807) is 0 Å². The van der Waals surface area contributed by atoms with Crippen molar-refractivity contribution in [2.24, 2.45) is 16.3 Å². The van der Waals surface area contributed by atoms with Crippen molar-refractivity contribution in [1.82, 2.24) is 5.32 Å². The van der Waals surface area contributed by atoms with E-state index in [-0.39, 0.29) is 5.84 Å². The van der Waals surface area contributed by atoms with Gasteiger partial charge in [0.25, 0.3) is 0 Å². The van der Waals surface area contributed by atoms with E-state index in [1.807, 2.05) is 24.3 Å². The fraction of sp³-hybridized carbons (Fsp3) is 0.462. The maximum absolute atomic E-state index is 8.73. The molecule has 1 fully saturated rings.